The van der Waals surface area contributed by atoms with Crippen LogP contribution in [-0.4, -0.2) is 43.5 Å². The monoisotopic (exact) mass is 507 g/mol. The van der Waals surface area contributed by atoms with Crippen LogP contribution in [0.2, 0.25) is 0 Å². The average molecular weight is 508 g/mol. The number of anilines is 2. The summed E-state index contributed by atoms with van der Waals surface area (Å²) >= 11 is 0. The molecule has 2 aromatic carbocycles. The third-order valence-corrected chi connectivity index (χ3v) is 8.01. The Morgan fingerprint density at radius 1 is 1.11 bits per heavy atom. The van der Waals surface area contributed by atoms with Crippen LogP contribution < -0.4 is 14.4 Å². The van der Waals surface area contributed by atoms with E-state index in [-0.39, 0.29) is 18.1 Å². The number of hydrogen-bond donors (Lipinski definition) is 1. The number of nitrogens with zero attached hydrogens (tertiary/aromatic N) is 2. The zero-order chi connectivity index (χ0) is 26.0. The number of fused-ring (bicyclic) bond motifs is 1. The lowest BCUT2D eigenvalue weighted by Gasteiger charge is -2.35. The van der Waals surface area contributed by atoms with Gasteiger partial charge in [0.25, 0.3) is 5.91 Å². The molecule has 0 saturated heterocycles. The van der Waals surface area contributed by atoms with Gasteiger partial charge in [0.05, 0.1) is 18.0 Å². The molecule has 0 saturated carbocycles. The van der Waals surface area contributed by atoms with Crippen molar-refractivity contribution < 1.29 is 22.7 Å². The van der Waals surface area contributed by atoms with Gasteiger partial charge in [0.2, 0.25) is 10.0 Å². The number of rotatable bonds is 7. The minimum Gasteiger partial charge on any atom is -0.476 e. The Labute approximate surface area is 211 Å². The molecule has 2 heterocycles. The van der Waals surface area contributed by atoms with E-state index in [4.69, 9.17) is 4.74 Å². The molecular formula is C27H29N3O5S. The van der Waals surface area contributed by atoms with E-state index in [1.54, 1.807) is 55.7 Å². The minimum absolute atomic E-state index is 0.0566. The van der Waals surface area contributed by atoms with Gasteiger partial charge in [-0.2, -0.15) is 0 Å². The van der Waals surface area contributed by atoms with Crippen molar-refractivity contribution >= 4 is 33.1 Å². The van der Waals surface area contributed by atoms with Crippen LogP contribution in [0.5, 0.6) is 5.75 Å². The summed E-state index contributed by atoms with van der Waals surface area (Å²) in [5.41, 5.74) is 5.06. The third-order valence-electron chi connectivity index (χ3n) is 6.07. The molecule has 0 bridgehead atoms. The first kappa shape index (κ1) is 25.4. The van der Waals surface area contributed by atoms with Crippen LogP contribution in [0.15, 0.2) is 54.9 Å². The lowest BCUT2D eigenvalue weighted by Crippen LogP contribution is -2.49. The highest BCUT2D eigenvalue weighted by Crippen LogP contribution is 2.40. The van der Waals surface area contributed by atoms with Crippen LogP contribution >= 0.6 is 0 Å². The highest BCUT2D eigenvalue weighted by atomic mass is 32.2. The summed E-state index contributed by atoms with van der Waals surface area (Å²) in [5.74, 6) is -0.366. The van der Waals surface area contributed by atoms with Crippen molar-refractivity contribution in [1.29, 1.82) is 0 Å². The summed E-state index contributed by atoms with van der Waals surface area (Å²) in [6.45, 7) is 7.00. The molecule has 0 spiro atoms. The molecule has 36 heavy (non-hydrogen) atoms. The molecule has 1 atom stereocenters. The molecule has 1 aliphatic heterocycles. The second-order valence-electron chi connectivity index (χ2n) is 8.91. The number of ketones is 1. The van der Waals surface area contributed by atoms with Gasteiger partial charge in [-0.1, -0.05) is 25.1 Å². The number of pyridine rings is 1. The van der Waals surface area contributed by atoms with Gasteiger partial charge in [0.1, 0.15) is 5.75 Å². The van der Waals surface area contributed by atoms with Gasteiger partial charge in [-0.25, -0.2) is 8.42 Å². The molecule has 8 nitrogen and oxygen atoms in total. The second kappa shape index (κ2) is 10.1. The van der Waals surface area contributed by atoms with Crippen molar-refractivity contribution in [2.24, 2.45) is 0 Å². The number of amides is 1. The van der Waals surface area contributed by atoms with E-state index >= 15 is 0 Å². The van der Waals surface area contributed by atoms with E-state index in [9.17, 15) is 18.0 Å². The van der Waals surface area contributed by atoms with Crippen LogP contribution in [0.3, 0.4) is 0 Å². The van der Waals surface area contributed by atoms with Crippen molar-refractivity contribution in [3.05, 3.63) is 71.5 Å². The van der Waals surface area contributed by atoms with Crippen molar-refractivity contribution in [3.8, 4) is 16.9 Å². The van der Waals surface area contributed by atoms with E-state index < -0.39 is 22.0 Å². The number of carbonyl (C=O) groups is 2. The Kier molecular flexibility index (Phi) is 7.12. The van der Waals surface area contributed by atoms with Gasteiger partial charge in [0.15, 0.2) is 11.9 Å². The number of benzene rings is 2. The standard InChI is InChI=1S/C27H29N3O5S/c1-5-11-36(33,34)30-16-25(27(32)29-22-8-6-7-20(12-22)19(4)31)35-24-10-9-21(13-23(24)30)26-17(2)14-28-15-18(26)3/h6-10,12-15,25H,5,11,16H2,1-4H3,(H,29,32). The van der Waals surface area contributed by atoms with Crippen molar-refractivity contribution in [2.75, 3.05) is 21.9 Å². The van der Waals surface area contributed by atoms with Crippen molar-refractivity contribution in [2.45, 2.75) is 40.2 Å². The summed E-state index contributed by atoms with van der Waals surface area (Å²) in [5, 5.41) is 2.75. The number of ether oxygens (including phenoxy) is 1. The van der Waals surface area contributed by atoms with E-state index in [2.05, 4.69) is 10.3 Å². The molecule has 0 fully saturated rings. The normalized spacial score (nSPS) is 15.1. The summed E-state index contributed by atoms with van der Waals surface area (Å²) < 4.78 is 33.8. The molecule has 1 N–H and O–H groups in total. The Balaban J connectivity index is 1.71. The highest BCUT2D eigenvalue weighted by Gasteiger charge is 2.37. The van der Waals surface area contributed by atoms with Crippen molar-refractivity contribution in [1.82, 2.24) is 4.98 Å². The van der Waals surface area contributed by atoms with E-state index in [0.29, 0.717) is 29.1 Å². The molecule has 0 aliphatic carbocycles. The zero-order valence-corrected chi connectivity index (χ0v) is 21.6. The predicted molar refractivity (Wildman–Crippen MR) is 140 cm³/mol. The second-order valence-corrected chi connectivity index (χ2v) is 10.9. The Morgan fingerprint density at radius 3 is 2.50 bits per heavy atom. The van der Waals surface area contributed by atoms with Gasteiger partial charge >= 0.3 is 0 Å². The van der Waals surface area contributed by atoms with Crippen LogP contribution in [0, 0.1) is 13.8 Å². The average Bonchev–Trinajstić information content (AvgIpc) is 2.83. The first-order valence-corrected chi connectivity index (χ1v) is 13.4. The summed E-state index contributed by atoms with van der Waals surface area (Å²) in [7, 11) is -3.71. The third kappa shape index (κ3) is 5.11. The Morgan fingerprint density at radius 2 is 1.83 bits per heavy atom. The summed E-state index contributed by atoms with van der Waals surface area (Å²) in [6, 6.07) is 11.9. The molecule has 3 aromatic rings. The number of aryl methyl sites for hydroxylation is 2. The molecule has 188 valence electrons. The fourth-order valence-electron chi connectivity index (χ4n) is 4.37. The largest absolute Gasteiger partial charge is 0.476 e. The number of carbonyl (C=O) groups excluding carboxylic acids is 2. The summed E-state index contributed by atoms with van der Waals surface area (Å²) in [4.78, 5) is 29.0. The smallest absolute Gasteiger partial charge is 0.267 e. The fraction of sp³-hybridized carbons (Fsp3) is 0.296. The number of aromatic nitrogens is 1. The lowest BCUT2D eigenvalue weighted by molar-refractivity contribution is -0.122. The number of Topliss-reactive ketones (excluding diaryl/α,β-unsaturated/α-hetero) is 1. The molecule has 0 radical (unpaired) electrons. The van der Waals surface area contributed by atoms with E-state index in [0.717, 1.165) is 22.3 Å². The number of sulfonamides is 1. The van der Waals surface area contributed by atoms with Gasteiger partial charge in [-0.05, 0) is 73.7 Å². The maximum atomic E-state index is 13.3. The fourth-order valence-corrected chi connectivity index (χ4v) is 5.91. The lowest BCUT2D eigenvalue weighted by atomic mass is 9.97. The highest BCUT2D eigenvalue weighted by molar-refractivity contribution is 7.92. The first-order chi connectivity index (χ1) is 17.1. The minimum atomic E-state index is -3.71. The quantitative estimate of drug-likeness (QED) is 0.472. The maximum absolute atomic E-state index is 13.3. The summed E-state index contributed by atoms with van der Waals surface area (Å²) in [6.07, 6.45) is 2.91. The maximum Gasteiger partial charge on any atom is 0.267 e. The number of nitrogens with one attached hydrogen (secondary N) is 1. The molecular weight excluding hydrogens is 478 g/mol. The molecule has 1 amide bonds. The number of hydrogen-bond acceptors (Lipinski definition) is 6. The van der Waals surface area contributed by atoms with Crippen molar-refractivity contribution in [3.63, 3.8) is 0 Å². The molecule has 1 aromatic heterocycles. The van der Waals surface area contributed by atoms with E-state index in [1.165, 1.54) is 11.2 Å². The van der Waals surface area contributed by atoms with Gasteiger partial charge in [0, 0.05) is 23.6 Å². The van der Waals surface area contributed by atoms with E-state index in [1.807, 2.05) is 19.9 Å². The SMILES string of the molecule is CCCS(=O)(=O)N1CC(C(=O)Nc2cccc(C(C)=O)c2)Oc2ccc(-c3c(C)cncc3C)cc21. The Bertz CT molecular complexity index is 1410. The molecule has 1 unspecified atom stereocenters. The Hall–Kier alpha value is -3.72. The topological polar surface area (TPSA) is 106 Å². The first-order valence-electron chi connectivity index (χ1n) is 11.7. The van der Waals surface area contributed by atoms with Gasteiger partial charge in [-0.3, -0.25) is 18.9 Å². The van der Waals surface area contributed by atoms with Gasteiger partial charge < -0.3 is 10.1 Å². The van der Waals surface area contributed by atoms with Gasteiger partial charge in [-0.15, -0.1) is 0 Å². The predicted octanol–water partition coefficient (Wildman–Crippen LogP) is 4.51. The molecule has 4 rings (SSSR count). The van der Waals surface area contributed by atoms with Crippen LogP contribution in [0.1, 0.15) is 41.8 Å². The van der Waals surface area contributed by atoms with Crippen LogP contribution in [-0.2, 0) is 14.8 Å². The van der Waals surface area contributed by atoms with Crippen LogP contribution in [0.4, 0.5) is 11.4 Å². The zero-order valence-electron chi connectivity index (χ0n) is 20.7. The van der Waals surface area contributed by atoms with Crippen LogP contribution in [0.25, 0.3) is 11.1 Å². The molecule has 1 aliphatic rings. The molecule has 9 heteroatoms.